The molecule has 0 bridgehead atoms. The molecule has 3 N–H and O–H groups in total. The third-order valence-electron chi connectivity index (χ3n) is 2.56. The zero-order chi connectivity index (χ0) is 12.6. The lowest BCUT2D eigenvalue weighted by Gasteiger charge is -2.05. The molecule has 90 valence electrons. The zero-order valence-corrected chi connectivity index (χ0v) is 9.48. The van der Waals surface area contributed by atoms with Crippen LogP contribution in [-0.2, 0) is 0 Å². The number of hydrogen-bond acceptors (Lipinski definition) is 4. The summed E-state index contributed by atoms with van der Waals surface area (Å²) in [6.07, 6.45) is 0.695. The van der Waals surface area contributed by atoms with E-state index in [2.05, 4.69) is 5.32 Å². The van der Waals surface area contributed by atoms with Gasteiger partial charge in [0.1, 0.15) is 5.56 Å². The van der Waals surface area contributed by atoms with Crippen molar-refractivity contribution in [3.05, 3.63) is 38.9 Å². The van der Waals surface area contributed by atoms with E-state index in [1.165, 1.54) is 18.2 Å². The van der Waals surface area contributed by atoms with Gasteiger partial charge in [-0.15, -0.1) is 0 Å². The lowest BCUT2D eigenvalue weighted by molar-refractivity contribution is -0.385. The number of nitrogens with two attached hydrogens (primary N) is 1. The summed E-state index contributed by atoms with van der Waals surface area (Å²) in [6.45, 7) is 0. The maximum Gasteiger partial charge on any atom is 0.282 e. The average Bonchev–Trinajstić information content (AvgIpc) is 2.93. The molecule has 0 aliphatic heterocycles. The quantitative estimate of drug-likeness (QED) is 0.624. The molecule has 0 radical (unpaired) electrons. The van der Waals surface area contributed by atoms with E-state index in [1.54, 1.807) is 0 Å². The van der Waals surface area contributed by atoms with Crippen molar-refractivity contribution in [2.45, 2.75) is 18.5 Å². The number of rotatable bonds is 3. The predicted molar refractivity (Wildman–Crippen MR) is 62.0 cm³/mol. The number of carbonyl (C=O) groups excluding carboxylic acids is 1. The van der Waals surface area contributed by atoms with Gasteiger partial charge in [-0.2, -0.15) is 0 Å². The van der Waals surface area contributed by atoms with E-state index in [4.69, 9.17) is 17.3 Å². The van der Waals surface area contributed by atoms with E-state index in [1.807, 2.05) is 0 Å². The van der Waals surface area contributed by atoms with Crippen molar-refractivity contribution >= 4 is 23.2 Å². The second-order valence-corrected chi connectivity index (χ2v) is 4.33. The van der Waals surface area contributed by atoms with Crippen LogP contribution in [0.15, 0.2) is 18.2 Å². The smallest absolute Gasteiger partial charge is 0.282 e. The van der Waals surface area contributed by atoms with Gasteiger partial charge in [0.2, 0.25) is 0 Å². The molecule has 2 atom stereocenters. The van der Waals surface area contributed by atoms with Crippen molar-refractivity contribution in [1.82, 2.24) is 5.32 Å². The van der Waals surface area contributed by atoms with Gasteiger partial charge < -0.3 is 11.1 Å². The summed E-state index contributed by atoms with van der Waals surface area (Å²) in [5.74, 6) is -0.517. The maximum absolute atomic E-state index is 11.8. The number of benzene rings is 1. The van der Waals surface area contributed by atoms with Crippen molar-refractivity contribution in [1.29, 1.82) is 0 Å². The Hall–Kier alpha value is -1.66. The molecule has 1 aromatic carbocycles. The summed E-state index contributed by atoms with van der Waals surface area (Å²) in [4.78, 5) is 21.9. The van der Waals surface area contributed by atoms with E-state index >= 15 is 0 Å². The van der Waals surface area contributed by atoms with Crippen LogP contribution in [0.4, 0.5) is 5.69 Å². The Balaban J connectivity index is 2.26. The van der Waals surface area contributed by atoms with Crippen LogP contribution in [0.2, 0.25) is 5.02 Å². The Morgan fingerprint density at radius 1 is 1.59 bits per heavy atom. The summed E-state index contributed by atoms with van der Waals surface area (Å²) in [5, 5.41) is 13.7. The highest BCUT2D eigenvalue weighted by atomic mass is 35.5. The fourth-order valence-electron chi connectivity index (χ4n) is 1.48. The van der Waals surface area contributed by atoms with Gasteiger partial charge in [-0.05, 0) is 18.6 Å². The van der Waals surface area contributed by atoms with Crippen molar-refractivity contribution in [2.75, 3.05) is 0 Å². The number of halogens is 1. The van der Waals surface area contributed by atoms with Gasteiger partial charge in [0.15, 0.2) is 0 Å². The minimum Gasteiger partial charge on any atom is -0.347 e. The lowest BCUT2D eigenvalue weighted by Crippen LogP contribution is -2.30. The highest BCUT2D eigenvalue weighted by Gasteiger charge is 2.36. The number of hydrogen-bond donors (Lipinski definition) is 2. The molecule has 1 fully saturated rings. The Labute approximate surface area is 102 Å². The van der Waals surface area contributed by atoms with Crippen LogP contribution in [0.5, 0.6) is 0 Å². The first-order chi connectivity index (χ1) is 7.99. The summed E-state index contributed by atoms with van der Waals surface area (Å²) in [5.41, 5.74) is 5.24. The molecule has 7 heteroatoms. The zero-order valence-electron chi connectivity index (χ0n) is 8.72. The number of carbonyl (C=O) groups is 1. The second kappa shape index (κ2) is 4.31. The minimum atomic E-state index is -0.613. The summed E-state index contributed by atoms with van der Waals surface area (Å²) in [7, 11) is 0. The van der Waals surface area contributed by atoms with Gasteiger partial charge in [-0.3, -0.25) is 14.9 Å². The van der Waals surface area contributed by atoms with Gasteiger partial charge in [0.25, 0.3) is 11.6 Å². The number of amides is 1. The van der Waals surface area contributed by atoms with E-state index in [0.717, 1.165) is 0 Å². The molecule has 1 aliphatic carbocycles. The van der Waals surface area contributed by atoms with E-state index in [0.29, 0.717) is 6.42 Å². The summed E-state index contributed by atoms with van der Waals surface area (Å²) < 4.78 is 0. The van der Waals surface area contributed by atoms with E-state index in [-0.39, 0.29) is 28.4 Å². The molecule has 6 nitrogen and oxygen atoms in total. The van der Waals surface area contributed by atoms with Gasteiger partial charge in [-0.1, -0.05) is 11.6 Å². The van der Waals surface area contributed by atoms with E-state index < -0.39 is 10.8 Å². The molecule has 1 aromatic rings. The molecule has 1 amide bonds. The van der Waals surface area contributed by atoms with Gasteiger partial charge in [0, 0.05) is 23.2 Å². The number of nitro groups is 1. The molecule has 2 unspecified atom stereocenters. The molecule has 1 aliphatic rings. The van der Waals surface area contributed by atoms with Crippen LogP contribution >= 0.6 is 11.6 Å². The van der Waals surface area contributed by atoms with Gasteiger partial charge in [0.05, 0.1) is 4.92 Å². The molecular formula is C10H10ClN3O3. The Morgan fingerprint density at radius 2 is 2.24 bits per heavy atom. The first-order valence-corrected chi connectivity index (χ1v) is 5.37. The van der Waals surface area contributed by atoms with Gasteiger partial charge >= 0.3 is 0 Å². The molecule has 17 heavy (non-hydrogen) atoms. The summed E-state index contributed by atoms with van der Waals surface area (Å²) in [6, 6.07) is 3.71. The van der Waals surface area contributed by atoms with Crippen LogP contribution in [-0.4, -0.2) is 22.9 Å². The highest BCUT2D eigenvalue weighted by Crippen LogP contribution is 2.24. The third-order valence-corrected chi connectivity index (χ3v) is 2.79. The number of nitrogens with zero attached hydrogens (tertiary/aromatic N) is 1. The van der Waals surface area contributed by atoms with Crippen LogP contribution < -0.4 is 11.1 Å². The van der Waals surface area contributed by atoms with Crippen LogP contribution in [0.25, 0.3) is 0 Å². The second-order valence-electron chi connectivity index (χ2n) is 3.90. The standard InChI is InChI=1S/C10H10ClN3O3/c11-5-1-2-9(14(16)17)6(3-5)10(15)13-8-4-7(8)12/h1-3,7-8H,4,12H2,(H,13,15). The van der Waals surface area contributed by atoms with Crippen molar-refractivity contribution in [3.8, 4) is 0 Å². The molecule has 1 saturated carbocycles. The molecule has 0 heterocycles. The molecule has 0 spiro atoms. The average molecular weight is 256 g/mol. The molecule has 0 saturated heterocycles. The summed E-state index contributed by atoms with van der Waals surface area (Å²) >= 11 is 5.72. The Kier molecular flexibility index (Phi) is 2.99. The number of nitro benzene ring substituents is 1. The minimum absolute atomic E-state index is 0.0402. The fourth-order valence-corrected chi connectivity index (χ4v) is 1.65. The largest absolute Gasteiger partial charge is 0.347 e. The number of nitrogens with one attached hydrogen (secondary N) is 1. The fraction of sp³-hybridized carbons (Fsp3) is 0.300. The van der Waals surface area contributed by atoms with Crippen LogP contribution in [0.3, 0.4) is 0 Å². The third kappa shape index (κ3) is 2.54. The maximum atomic E-state index is 11.8. The Morgan fingerprint density at radius 3 is 2.76 bits per heavy atom. The molecular weight excluding hydrogens is 246 g/mol. The molecule has 2 rings (SSSR count). The normalized spacial score (nSPS) is 22.0. The first-order valence-electron chi connectivity index (χ1n) is 4.99. The van der Waals surface area contributed by atoms with Crippen LogP contribution in [0.1, 0.15) is 16.8 Å². The Bertz CT molecular complexity index is 492. The molecule has 0 aromatic heterocycles. The van der Waals surface area contributed by atoms with Crippen molar-refractivity contribution < 1.29 is 9.72 Å². The highest BCUT2D eigenvalue weighted by molar-refractivity contribution is 6.31. The lowest BCUT2D eigenvalue weighted by atomic mass is 10.1. The van der Waals surface area contributed by atoms with Crippen molar-refractivity contribution in [2.24, 2.45) is 5.73 Å². The first kappa shape index (κ1) is 11.8. The van der Waals surface area contributed by atoms with Gasteiger partial charge in [-0.25, -0.2) is 0 Å². The van der Waals surface area contributed by atoms with E-state index in [9.17, 15) is 14.9 Å². The monoisotopic (exact) mass is 255 g/mol. The topological polar surface area (TPSA) is 98.3 Å². The SMILES string of the molecule is NC1CC1NC(=O)c1cc(Cl)ccc1[N+](=O)[O-]. The van der Waals surface area contributed by atoms with Crippen LogP contribution in [0, 0.1) is 10.1 Å². The predicted octanol–water partition coefficient (Wildman–Crippen LogP) is 1.08. The van der Waals surface area contributed by atoms with Crippen molar-refractivity contribution in [3.63, 3.8) is 0 Å².